The summed E-state index contributed by atoms with van der Waals surface area (Å²) in [6.07, 6.45) is 4.85. The van der Waals surface area contributed by atoms with Crippen LogP contribution < -0.4 is 0 Å². The van der Waals surface area contributed by atoms with E-state index in [1.807, 2.05) is 0 Å². The van der Waals surface area contributed by atoms with E-state index in [1.54, 1.807) is 6.92 Å². The van der Waals surface area contributed by atoms with Crippen LogP contribution in [0, 0.1) is 0 Å². The molecule has 0 rings (SSSR count). The molecule has 3 nitrogen and oxygen atoms in total. The normalized spacial score (nSPS) is 12.0. The number of unbranched alkanes of at least 4 members (excludes halogenated alkanes) is 3. The molecule has 0 saturated carbocycles. The minimum Gasteiger partial charge on any atom is -0.411 e. The summed E-state index contributed by atoms with van der Waals surface area (Å²) in [4.78, 5) is 0. The maximum atomic E-state index is 8.28. The van der Waals surface area contributed by atoms with Gasteiger partial charge >= 0.3 is 0 Å². The van der Waals surface area contributed by atoms with E-state index in [0.29, 0.717) is 12.3 Å². The Hall–Kier alpha value is -0.570. The summed E-state index contributed by atoms with van der Waals surface area (Å²) < 4.78 is 5.24. The molecular formula is C9H19NO2. The summed E-state index contributed by atoms with van der Waals surface area (Å²) >= 11 is 0. The molecule has 0 aliphatic rings. The first-order valence-corrected chi connectivity index (χ1v) is 4.56. The van der Waals surface area contributed by atoms with Gasteiger partial charge in [-0.05, 0) is 13.3 Å². The Bertz CT molecular complexity index is 124. The maximum Gasteiger partial charge on any atom is 0.0878 e. The van der Waals surface area contributed by atoms with Crippen LogP contribution in [0.1, 0.15) is 39.5 Å². The lowest BCUT2D eigenvalue weighted by atomic mass is 10.2. The van der Waals surface area contributed by atoms with Gasteiger partial charge < -0.3 is 9.94 Å². The van der Waals surface area contributed by atoms with Crippen LogP contribution in [0.15, 0.2) is 5.16 Å². The highest BCUT2D eigenvalue weighted by atomic mass is 16.5. The topological polar surface area (TPSA) is 41.8 Å². The first-order valence-electron chi connectivity index (χ1n) is 4.56. The van der Waals surface area contributed by atoms with Crippen molar-refractivity contribution in [1.82, 2.24) is 0 Å². The van der Waals surface area contributed by atoms with Crippen LogP contribution in [0.4, 0.5) is 0 Å². The average molecular weight is 173 g/mol. The van der Waals surface area contributed by atoms with Crippen molar-refractivity contribution >= 4 is 5.71 Å². The second-order valence-electron chi connectivity index (χ2n) is 2.95. The van der Waals surface area contributed by atoms with E-state index in [4.69, 9.17) is 9.94 Å². The van der Waals surface area contributed by atoms with Crippen molar-refractivity contribution in [1.29, 1.82) is 0 Å². The lowest BCUT2D eigenvalue weighted by Gasteiger charge is -2.01. The van der Waals surface area contributed by atoms with Gasteiger partial charge in [0.25, 0.3) is 0 Å². The average Bonchev–Trinajstić information content (AvgIpc) is 2.10. The Balaban J connectivity index is 3.00. The van der Waals surface area contributed by atoms with E-state index in [2.05, 4.69) is 12.1 Å². The zero-order chi connectivity index (χ0) is 9.23. The van der Waals surface area contributed by atoms with Crippen LogP contribution in [-0.2, 0) is 4.74 Å². The summed E-state index contributed by atoms with van der Waals surface area (Å²) in [6, 6.07) is 0. The molecule has 0 aromatic rings. The van der Waals surface area contributed by atoms with Crippen molar-refractivity contribution in [2.45, 2.75) is 39.5 Å². The largest absolute Gasteiger partial charge is 0.411 e. The van der Waals surface area contributed by atoms with Crippen molar-refractivity contribution in [2.24, 2.45) is 5.16 Å². The third-order valence-electron chi connectivity index (χ3n) is 1.62. The van der Waals surface area contributed by atoms with Crippen LogP contribution in [0.25, 0.3) is 0 Å². The molecule has 0 radical (unpaired) electrons. The van der Waals surface area contributed by atoms with Gasteiger partial charge in [0.2, 0.25) is 0 Å². The van der Waals surface area contributed by atoms with E-state index in [0.717, 1.165) is 13.0 Å². The highest BCUT2D eigenvalue weighted by molar-refractivity contribution is 5.82. The lowest BCUT2D eigenvalue weighted by Crippen LogP contribution is -2.05. The summed E-state index contributed by atoms with van der Waals surface area (Å²) in [5.74, 6) is 0. The minimum atomic E-state index is 0.447. The van der Waals surface area contributed by atoms with Crippen molar-refractivity contribution in [3.63, 3.8) is 0 Å². The van der Waals surface area contributed by atoms with E-state index in [1.165, 1.54) is 19.3 Å². The van der Waals surface area contributed by atoms with Gasteiger partial charge in [0, 0.05) is 6.61 Å². The predicted octanol–water partition coefficient (Wildman–Crippen LogP) is 2.43. The third kappa shape index (κ3) is 7.54. The van der Waals surface area contributed by atoms with Gasteiger partial charge in [-0.15, -0.1) is 0 Å². The summed E-state index contributed by atoms with van der Waals surface area (Å²) in [6.45, 7) is 5.14. The summed E-state index contributed by atoms with van der Waals surface area (Å²) in [5, 5.41) is 11.3. The van der Waals surface area contributed by atoms with Gasteiger partial charge in [-0.1, -0.05) is 31.3 Å². The molecule has 72 valence electrons. The number of rotatable bonds is 7. The Morgan fingerprint density at radius 2 is 2.08 bits per heavy atom. The van der Waals surface area contributed by atoms with Crippen molar-refractivity contribution in [2.75, 3.05) is 13.2 Å². The second kappa shape index (κ2) is 8.53. The Morgan fingerprint density at radius 1 is 1.33 bits per heavy atom. The van der Waals surface area contributed by atoms with Crippen LogP contribution in [0.2, 0.25) is 0 Å². The SMILES string of the molecule is CCCCCCOCC(C)=NO. The van der Waals surface area contributed by atoms with Gasteiger partial charge in [-0.25, -0.2) is 0 Å². The molecular weight excluding hydrogens is 154 g/mol. The smallest absolute Gasteiger partial charge is 0.0878 e. The van der Waals surface area contributed by atoms with Gasteiger partial charge in [0.15, 0.2) is 0 Å². The number of nitrogens with zero attached hydrogens (tertiary/aromatic N) is 1. The quantitative estimate of drug-likeness (QED) is 0.278. The molecule has 0 saturated heterocycles. The molecule has 0 fully saturated rings. The number of hydrogen-bond donors (Lipinski definition) is 1. The van der Waals surface area contributed by atoms with Gasteiger partial charge in [-0.3, -0.25) is 0 Å². The fourth-order valence-corrected chi connectivity index (χ4v) is 0.880. The van der Waals surface area contributed by atoms with Gasteiger partial charge in [-0.2, -0.15) is 0 Å². The Morgan fingerprint density at radius 3 is 2.67 bits per heavy atom. The highest BCUT2D eigenvalue weighted by Gasteiger charge is 1.92. The first kappa shape index (κ1) is 11.4. The van der Waals surface area contributed by atoms with Crippen LogP contribution in [0.3, 0.4) is 0 Å². The fourth-order valence-electron chi connectivity index (χ4n) is 0.880. The molecule has 0 heterocycles. The van der Waals surface area contributed by atoms with E-state index in [9.17, 15) is 0 Å². The monoisotopic (exact) mass is 173 g/mol. The Kier molecular flexibility index (Phi) is 8.12. The summed E-state index contributed by atoms with van der Waals surface area (Å²) in [7, 11) is 0. The van der Waals surface area contributed by atoms with Gasteiger partial charge in [0.1, 0.15) is 0 Å². The molecule has 3 heteroatoms. The second-order valence-corrected chi connectivity index (χ2v) is 2.95. The molecule has 0 bridgehead atoms. The lowest BCUT2D eigenvalue weighted by molar-refractivity contribution is 0.163. The van der Waals surface area contributed by atoms with E-state index in [-0.39, 0.29) is 0 Å². The van der Waals surface area contributed by atoms with Crippen molar-refractivity contribution in [3.8, 4) is 0 Å². The van der Waals surface area contributed by atoms with Crippen molar-refractivity contribution < 1.29 is 9.94 Å². The van der Waals surface area contributed by atoms with Crippen LogP contribution in [0.5, 0.6) is 0 Å². The molecule has 0 aromatic heterocycles. The Labute approximate surface area is 74.4 Å². The third-order valence-corrected chi connectivity index (χ3v) is 1.62. The highest BCUT2D eigenvalue weighted by Crippen LogP contribution is 1.98. The number of oxime groups is 1. The maximum absolute atomic E-state index is 8.28. The molecule has 0 unspecified atom stereocenters. The van der Waals surface area contributed by atoms with Crippen molar-refractivity contribution in [3.05, 3.63) is 0 Å². The molecule has 0 atom stereocenters. The van der Waals surface area contributed by atoms with E-state index >= 15 is 0 Å². The zero-order valence-corrected chi connectivity index (χ0v) is 8.05. The molecule has 0 amide bonds. The fraction of sp³-hybridized carbons (Fsp3) is 0.889. The summed E-state index contributed by atoms with van der Waals surface area (Å²) in [5.41, 5.74) is 0.630. The number of ether oxygens (including phenoxy) is 1. The standard InChI is InChI=1S/C9H19NO2/c1-3-4-5-6-7-12-8-9(2)10-11/h11H,3-8H2,1-2H3. The van der Waals surface area contributed by atoms with Crippen LogP contribution in [-0.4, -0.2) is 24.1 Å². The predicted molar refractivity (Wildman–Crippen MR) is 49.9 cm³/mol. The van der Waals surface area contributed by atoms with Crippen LogP contribution >= 0.6 is 0 Å². The number of hydrogen-bond acceptors (Lipinski definition) is 3. The molecule has 0 aliphatic heterocycles. The van der Waals surface area contributed by atoms with E-state index < -0.39 is 0 Å². The molecule has 0 spiro atoms. The molecule has 12 heavy (non-hydrogen) atoms. The zero-order valence-electron chi connectivity index (χ0n) is 8.05. The first-order chi connectivity index (χ1) is 5.81. The molecule has 0 aromatic carbocycles. The van der Waals surface area contributed by atoms with Gasteiger partial charge in [0.05, 0.1) is 12.3 Å². The molecule has 0 aliphatic carbocycles. The minimum absolute atomic E-state index is 0.447. The molecule has 1 N–H and O–H groups in total.